The molecule has 0 spiro atoms. The maximum Gasteiger partial charge on any atom is 0.131 e. The fourth-order valence-electron chi connectivity index (χ4n) is 3.62. The first-order chi connectivity index (χ1) is 15.2. The quantitative estimate of drug-likeness (QED) is 0.330. The molecule has 9 nitrogen and oxygen atoms in total. The number of nitrogens with zero attached hydrogens (tertiary/aromatic N) is 5. The lowest BCUT2D eigenvalue weighted by molar-refractivity contribution is -0.215. The molecule has 31 heavy (non-hydrogen) atoms. The number of nitrogens with one attached hydrogen (secondary N) is 1. The molecule has 1 aliphatic rings. The topological polar surface area (TPSA) is 126 Å². The van der Waals surface area contributed by atoms with Gasteiger partial charge in [0.25, 0.3) is 0 Å². The zero-order valence-corrected chi connectivity index (χ0v) is 16.6. The van der Waals surface area contributed by atoms with Crippen molar-refractivity contribution < 1.29 is 15.0 Å². The molecule has 1 atom stereocenters. The number of fused-ring (bicyclic) bond motifs is 1. The van der Waals surface area contributed by atoms with Gasteiger partial charge in [-0.3, -0.25) is 0 Å². The van der Waals surface area contributed by atoms with Gasteiger partial charge in [-0.25, -0.2) is 10.7 Å². The number of ether oxygens (including phenoxy) is 1. The minimum absolute atomic E-state index is 0.0577. The van der Waals surface area contributed by atoms with E-state index in [0.29, 0.717) is 5.69 Å². The molecule has 154 valence electrons. The van der Waals surface area contributed by atoms with Crippen molar-refractivity contribution in [3.05, 3.63) is 59.7 Å². The minimum atomic E-state index is 0.0577. The summed E-state index contributed by atoms with van der Waals surface area (Å²) < 4.78 is 5.51. The van der Waals surface area contributed by atoms with Gasteiger partial charge in [0.15, 0.2) is 0 Å². The Morgan fingerprint density at radius 3 is 2.35 bits per heavy atom. The van der Waals surface area contributed by atoms with Crippen molar-refractivity contribution in [3.63, 3.8) is 0 Å². The van der Waals surface area contributed by atoms with E-state index in [9.17, 15) is 10.5 Å². The zero-order valence-electron chi connectivity index (χ0n) is 16.6. The van der Waals surface area contributed by atoms with E-state index in [0.717, 1.165) is 29.4 Å². The Morgan fingerprint density at radius 1 is 1.06 bits per heavy atom. The Bertz CT molecular complexity index is 1210. The number of benzene rings is 3. The molecule has 9 heteroatoms. The number of rotatable bonds is 6. The first kappa shape index (κ1) is 20.3. The molecule has 0 amide bonds. The van der Waals surface area contributed by atoms with Crippen molar-refractivity contribution in [1.29, 1.82) is 10.5 Å². The van der Waals surface area contributed by atoms with Gasteiger partial charge >= 0.3 is 0 Å². The summed E-state index contributed by atoms with van der Waals surface area (Å²) in [6.07, 6.45) is 1.04. The number of hydrogen-bond acceptors (Lipinski definition) is 9. The van der Waals surface area contributed by atoms with E-state index in [-0.39, 0.29) is 28.7 Å². The highest BCUT2D eigenvalue weighted by Crippen LogP contribution is 2.38. The molecule has 1 saturated heterocycles. The Morgan fingerprint density at radius 2 is 1.77 bits per heavy atom. The molecule has 4 rings (SSSR count). The van der Waals surface area contributed by atoms with Crippen molar-refractivity contribution in [2.24, 2.45) is 10.2 Å². The van der Waals surface area contributed by atoms with Crippen LogP contribution in [0.1, 0.15) is 17.5 Å². The third kappa shape index (κ3) is 3.77. The second-order valence-electron chi connectivity index (χ2n) is 6.86. The monoisotopic (exact) mass is 414 g/mol. The highest BCUT2D eigenvalue weighted by molar-refractivity contribution is 6.01. The summed E-state index contributed by atoms with van der Waals surface area (Å²) in [6, 6.07) is 18.5. The molecule has 1 aliphatic heterocycles. The van der Waals surface area contributed by atoms with Gasteiger partial charge in [0.05, 0.1) is 22.5 Å². The predicted octanol–water partition coefficient (Wildman–Crippen LogP) is 5.00. The summed E-state index contributed by atoms with van der Waals surface area (Å²) in [4.78, 5) is 6.06. The van der Waals surface area contributed by atoms with E-state index in [1.807, 2.05) is 48.5 Å². The van der Waals surface area contributed by atoms with Gasteiger partial charge in [-0.2, -0.15) is 10.5 Å². The molecule has 1 heterocycles. The van der Waals surface area contributed by atoms with Gasteiger partial charge in [0, 0.05) is 36.5 Å². The Balaban J connectivity index is 1.77. The van der Waals surface area contributed by atoms with Crippen LogP contribution in [0.4, 0.5) is 22.7 Å². The lowest BCUT2D eigenvalue weighted by Crippen LogP contribution is -2.49. The molecule has 0 aliphatic carbocycles. The number of azo groups is 1. The fourth-order valence-corrected chi connectivity index (χ4v) is 3.62. The normalized spacial score (nSPS) is 15.5. The van der Waals surface area contributed by atoms with E-state index < -0.39 is 0 Å². The van der Waals surface area contributed by atoms with Crippen molar-refractivity contribution in [3.8, 4) is 12.1 Å². The van der Waals surface area contributed by atoms with Gasteiger partial charge in [0.1, 0.15) is 24.1 Å². The second kappa shape index (κ2) is 8.78. The molecule has 1 fully saturated rings. The van der Waals surface area contributed by atoms with Crippen LogP contribution in [0.25, 0.3) is 10.8 Å². The zero-order chi connectivity index (χ0) is 21.8. The van der Waals surface area contributed by atoms with Crippen LogP contribution >= 0.6 is 0 Å². The van der Waals surface area contributed by atoms with Crippen LogP contribution in [0, 0.1) is 22.7 Å². The van der Waals surface area contributed by atoms with Crippen LogP contribution < -0.4 is 10.4 Å². The molecular formula is C22H18N6O3. The van der Waals surface area contributed by atoms with Gasteiger partial charge in [-0.05, 0) is 24.3 Å². The second-order valence-corrected chi connectivity index (χ2v) is 6.86. The average Bonchev–Trinajstić information content (AvgIpc) is 2.78. The van der Waals surface area contributed by atoms with E-state index in [2.05, 4.69) is 25.6 Å². The smallest absolute Gasteiger partial charge is 0.131 e. The first-order valence-corrected chi connectivity index (χ1v) is 9.47. The summed E-state index contributed by atoms with van der Waals surface area (Å²) in [5.74, 6) is 0. The lowest BCUT2D eigenvalue weighted by Gasteiger charge is -2.42. The van der Waals surface area contributed by atoms with E-state index in [4.69, 9.17) is 9.99 Å². The van der Waals surface area contributed by atoms with Crippen LogP contribution in [-0.2, 0) is 9.73 Å². The van der Waals surface area contributed by atoms with Crippen molar-refractivity contribution >= 4 is 33.5 Å². The standard InChI is InChI=1S/C22H18N6O3/c1-30-21-8-9-28(21)20-7-6-19(17-4-2-3-5-18(17)20)25-26-22-14(12-23)10-16(27-31-29)11-15(22)13-24/h2-7,10-11,21,27,29H,8-9H2,1H3. The summed E-state index contributed by atoms with van der Waals surface area (Å²) in [6.45, 7) is 0.915. The molecule has 0 bridgehead atoms. The summed E-state index contributed by atoms with van der Waals surface area (Å²) >= 11 is 0. The predicted molar refractivity (Wildman–Crippen MR) is 114 cm³/mol. The molecular weight excluding hydrogens is 396 g/mol. The van der Waals surface area contributed by atoms with Crippen molar-refractivity contribution in [1.82, 2.24) is 0 Å². The SMILES string of the molecule is COC1CCN1c1ccc(N=Nc2c(C#N)cc(NOO)cc2C#N)c2ccccc12. The van der Waals surface area contributed by atoms with Gasteiger partial charge in [0.2, 0.25) is 0 Å². The fraction of sp³-hybridized carbons (Fsp3) is 0.182. The van der Waals surface area contributed by atoms with Gasteiger partial charge < -0.3 is 9.64 Å². The number of hydrogen-bond donors (Lipinski definition) is 2. The third-order valence-corrected chi connectivity index (χ3v) is 5.20. The first-order valence-electron chi connectivity index (χ1n) is 9.47. The highest BCUT2D eigenvalue weighted by Gasteiger charge is 2.29. The average molecular weight is 414 g/mol. The summed E-state index contributed by atoms with van der Waals surface area (Å²) in [5, 5.41) is 38.0. The maximum absolute atomic E-state index is 9.47. The molecule has 0 saturated carbocycles. The van der Waals surface area contributed by atoms with Crippen LogP contribution in [0.3, 0.4) is 0 Å². The number of methoxy groups -OCH3 is 1. The molecule has 2 N–H and O–H groups in total. The van der Waals surface area contributed by atoms with Crippen LogP contribution in [0.5, 0.6) is 0 Å². The molecule has 0 aromatic heterocycles. The number of anilines is 2. The Kier molecular flexibility index (Phi) is 5.74. The minimum Gasteiger partial charge on any atom is -0.362 e. The molecule has 3 aromatic rings. The molecule has 1 unspecified atom stereocenters. The van der Waals surface area contributed by atoms with Crippen molar-refractivity contribution in [2.75, 3.05) is 24.0 Å². The lowest BCUT2D eigenvalue weighted by atomic mass is 10.0. The largest absolute Gasteiger partial charge is 0.362 e. The van der Waals surface area contributed by atoms with E-state index in [1.165, 1.54) is 12.1 Å². The van der Waals surface area contributed by atoms with Crippen LogP contribution in [-0.4, -0.2) is 25.1 Å². The van der Waals surface area contributed by atoms with Gasteiger partial charge in [-0.1, -0.05) is 24.3 Å². The van der Waals surface area contributed by atoms with Crippen molar-refractivity contribution in [2.45, 2.75) is 12.6 Å². The van der Waals surface area contributed by atoms with E-state index >= 15 is 0 Å². The van der Waals surface area contributed by atoms with Crippen LogP contribution in [0.15, 0.2) is 58.8 Å². The van der Waals surface area contributed by atoms with Crippen LogP contribution in [0.2, 0.25) is 0 Å². The number of nitriles is 2. The Labute approximate surface area is 178 Å². The molecule has 3 aromatic carbocycles. The Hall–Kier alpha value is -4.02. The highest BCUT2D eigenvalue weighted by atomic mass is 17.2. The van der Waals surface area contributed by atoms with Gasteiger partial charge in [-0.15, -0.1) is 15.2 Å². The van der Waals surface area contributed by atoms with E-state index in [1.54, 1.807) is 7.11 Å². The summed E-state index contributed by atoms with van der Waals surface area (Å²) in [7, 11) is 1.70. The third-order valence-electron chi connectivity index (χ3n) is 5.20. The maximum atomic E-state index is 9.47. The summed E-state index contributed by atoms with van der Waals surface area (Å²) in [5.41, 5.74) is 4.48. The molecule has 0 radical (unpaired) electrons.